The Labute approximate surface area is 72.4 Å². The van der Waals surface area contributed by atoms with Crippen LogP contribution in [-0.2, 0) is 7.05 Å². The van der Waals surface area contributed by atoms with E-state index in [0.717, 1.165) is 11.3 Å². The number of hydrogen-bond donors (Lipinski definition) is 1. The Bertz CT molecular complexity index is 284. The van der Waals surface area contributed by atoms with E-state index in [1.807, 2.05) is 25.5 Å². The lowest BCUT2D eigenvalue weighted by atomic mass is 10.2. The van der Waals surface area contributed by atoms with Gasteiger partial charge < -0.3 is 9.67 Å². The first-order valence-electron chi connectivity index (χ1n) is 3.90. The van der Waals surface area contributed by atoms with Crippen molar-refractivity contribution in [1.82, 2.24) is 9.55 Å². The second-order valence-corrected chi connectivity index (χ2v) is 3.12. The van der Waals surface area contributed by atoms with Gasteiger partial charge in [-0.1, -0.05) is 11.6 Å². The maximum absolute atomic E-state index is 9.62. The molecule has 3 nitrogen and oxygen atoms in total. The van der Waals surface area contributed by atoms with Crippen LogP contribution < -0.4 is 0 Å². The van der Waals surface area contributed by atoms with Gasteiger partial charge in [-0.2, -0.15) is 0 Å². The summed E-state index contributed by atoms with van der Waals surface area (Å²) in [7, 11) is 1.87. The van der Waals surface area contributed by atoms with Gasteiger partial charge in [0, 0.05) is 7.05 Å². The summed E-state index contributed by atoms with van der Waals surface area (Å²) in [6.45, 7) is 3.92. The lowest BCUT2D eigenvalue weighted by Crippen LogP contribution is -2.00. The zero-order valence-corrected chi connectivity index (χ0v) is 7.65. The minimum Gasteiger partial charge on any atom is -0.383 e. The summed E-state index contributed by atoms with van der Waals surface area (Å²) in [6.07, 6.45) is 4.61. The highest BCUT2D eigenvalue weighted by molar-refractivity contribution is 5.11. The minimum absolute atomic E-state index is 0.539. The van der Waals surface area contributed by atoms with Crippen LogP contribution in [0.4, 0.5) is 0 Å². The first-order valence-corrected chi connectivity index (χ1v) is 3.90. The Balaban J connectivity index is 2.85. The van der Waals surface area contributed by atoms with Crippen molar-refractivity contribution >= 4 is 0 Å². The molecule has 3 heteroatoms. The first-order chi connectivity index (χ1) is 5.61. The SMILES string of the molecule is CC(C)=CC(O)c1cncn1C. The van der Waals surface area contributed by atoms with Gasteiger partial charge in [0.15, 0.2) is 0 Å². The van der Waals surface area contributed by atoms with E-state index in [1.54, 1.807) is 18.6 Å². The molecule has 0 spiro atoms. The zero-order chi connectivity index (χ0) is 9.14. The third-order valence-corrected chi connectivity index (χ3v) is 1.65. The molecule has 1 unspecified atom stereocenters. The van der Waals surface area contributed by atoms with Crippen molar-refractivity contribution in [2.24, 2.45) is 7.05 Å². The predicted octanol–water partition coefficient (Wildman–Crippen LogP) is 1.42. The Morgan fingerprint density at radius 2 is 2.33 bits per heavy atom. The van der Waals surface area contributed by atoms with Gasteiger partial charge in [-0.15, -0.1) is 0 Å². The molecular formula is C9H14N2O. The number of aryl methyl sites for hydroxylation is 1. The molecule has 0 radical (unpaired) electrons. The summed E-state index contributed by atoms with van der Waals surface area (Å²) in [5.41, 5.74) is 1.92. The number of hydrogen-bond acceptors (Lipinski definition) is 2. The molecule has 0 aliphatic carbocycles. The number of imidazole rings is 1. The molecule has 66 valence electrons. The fraction of sp³-hybridized carbons (Fsp3) is 0.444. The van der Waals surface area contributed by atoms with Crippen molar-refractivity contribution in [1.29, 1.82) is 0 Å². The molecular weight excluding hydrogens is 152 g/mol. The molecule has 1 aromatic rings. The summed E-state index contributed by atoms with van der Waals surface area (Å²) in [5, 5.41) is 9.62. The first kappa shape index (κ1) is 9.00. The van der Waals surface area contributed by atoms with E-state index < -0.39 is 6.10 Å². The van der Waals surface area contributed by atoms with Crippen LogP contribution in [0.25, 0.3) is 0 Å². The van der Waals surface area contributed by atoms with Crippen LogP contribution in [0.5, 0.6) is 0 Å². The van der Waals surface area contributed by atoms with Gasteiger partial charge >= 0.3 is 0 Å². The second-order valence-electron chi connectivity index (χ2n) is 3.12. The molecule has 12 heavy (non-hydrogen) atoms. The van der Waals surface area contributed by atoms with Crippen LogP contribution in [0, 0.1) is 0 Å². The van der Waals surface area contributed by atoms with Crippen molar-refractivity contribution in [3.63, 3.8) is 0 Å². The molecule has 0 saturated carbocycles. The standard InChI is InChI=1S/C9H14N2O/c1-7(2)4-9(12)8-5-10-6-11(8)3/h4-6,9,12H,1-3H3. The van der Waals surface area contributed by atoms with Crippen LogP contribution in [-0.4, -0.2) is 14.7 Å². The van der Waals surface area contributed by atoms with Gasteiger partial charge in [0.25, 0.3) is 0 Å². The Kier molecular flexibility index (Phi) is 2.65. The number of rotatable bonds is 2. The summed E-state index contributed by atoms with van der Waals surface area (Å²) in [4.78, 5) is 3.92. The molecule has 0 aliphatic rings. The van der Waals surface area contributed by atoms with Crippen LogP contribution in [0.15, 0.2) is 24.2 Å². The van der Waals surface area contributed by atoms with E-state index in [0.29, 0.717) is 0 Å². The lowest BCUT2D eigenvalue weighted by molar-refractivity contribution is 0.219. The second kappa shape index (κ2) is 3.54. The minimum atomic E-state index is -0.539. The fourth-order valence-corrected chi connectivity index (χ4v) is 1.05. The van der Waals surface area contributed by atoms with Crippen LogP contribution >= 0.6 is 0 Å². The normalized spacial score (nSPS) is 12.7. The van der Waals surface area contributed by atoms with E-state index in [9.17, 15) is 5.11 Å². The van der Waals surface area contributed by atoms with Crippen molar-refractivity contribution in [3.05, 3.63) is 29.9 Å². The third-order valence-electron chi connectivity index (χ3n) is 1.65. The van der Waals surface area contributed by atoms with Crippen molar-refractivity contribution < 1.29 is 5.11 Å². The quantitative estimate of drug-likeness (QED) is 0.675. The molecule has 0 aromatic carbocycles. The molecule has 1 rings (SSSR count). The summed E-state index contributed by atoms with van der Waals surface area (Å²) in [6, 6.07) is 0. The van der Waals surface area contributed by atoms with Crippen molar-refractivity contribution in [2.45, 2.75) is 20.0 Å². The summed E-state index contributed by atoms with van der Waals surface area (Å²) in [5.74, 6) is 0. The van der Waals surface area contributed by atoms with Gasteiger partial charge in [0.05, 0.1) is 18.2 Å². The maximum atomic E-state index is 9.62. The highest BCUT2D eigenvalue weighted by Gasteiger charge is 2.06. The molecule has 0 bridgehead atoms. The number of aromatic nitrogens is 2. The van der Waals surface area contributed by atoms with Crippen LogP contribution in [0.3, 0.4) is 0 Å². The molecule has 0 amide bonds. The molecule has 0 saturated heterocycles. The summed E-state index contributed by atoms with van der Waals surface area (Å²) >= 11 is 0. The number of aliphatic hydroxyl groups is 1. The summed E-state index contributed by atoms with van der Waals surface area (Å²) < 4.78 is 1.81. The van der Waals surface area contributed by atoms with E-state index in [-0.39, 0.29) is 0 Å². The van der Waals surface area contributed by atoms with Gasteiger partial charge in [-0.05, 0) is 13.8 Å². The van der Waals surface area contributed by atoms with Gasteiger partial charge in [-0.3, -0.25) is 0 Å². The largest absolute Gasteiger partial charge is 0.383 e. The van der Waals surface area contributed by atoms with Crippen molar-refractivity contribution in [3.8, 4) is 0 Å². The Hall–Kier alpha value is -1.09. The van der Waals surface area contributed by atoms with Gasteiger partial charge in [0.2, 0.25) is 0 Å². The smallest absolute Gasteiger partial charge is 0.114 e. The predicted molar refractivity (Wildman–Crippen MR) is 47.6 cm³/mol. The van der Waals surface area contributed by atoms with Crippen LogP contribution in [0.2, 0.25) is 0 Å². The van der Waals surface area contributed by atoms with Crippen LogP contribution in [0.1, 0.15) is 25.6 Å². The molecule has 0 aliphatic heterocycles. The van der Waals surface area contributed by atoms with E-state index in [2.05, 4.69) is 4.98 Å². The third kappa shape index (κ3) is 1.95. The number of allylic oxidation sites excluding steroid dienone is 1. The van der Waals surface area contributed by atoms with E-state index >= 15 is 0 Å². The Morgan fingerprint density at radius 1 is 1.67 bits per heavy atom. The van der Waals surface area contributed by atoms with Crippen molar-refractivity contribution in [2.75, 3.05) is 0 Å². The topological polar surface area (TPSA) is 38.1 Å². The highest BCUT2D eigenvalue weighted by Crippen LogP contribution is 2.13. The van der Waals surface area contributed by atoms with Gasteiger partial charge in [-0.25, -0.2) is 4.98 Å². The fourth-order valence-electron chi connectivity index (χ4n) is 1.05. The van der Waals surface area contributed by atoms with E-state index in [1.165, 1.54) is 0 Å². The highest BCUT2D eigenvalue weighted by atomic mass is 16.3. The molecule has 1 heterocycles. The maximum Gasteiger partial charge on any atom is 0.114 e. The Morgan fingerprint density at radius 3 is 2.75 bits per heavy atom. The molecule has 0 fully saturated rings. The number of nitrogens with zero attached hydrogens (tertiary/aromatic N) is 2. The molecule has 1 aromatic heterocycles. The molecule has 1 N–H and O–H groups in total. The van der Waals surface area contributed by atoms with Gasteiger partial charge in [0.1, 0.15) is 6.10 Å². The lowest BCUT2D eigenvalue weighted by Gasteiger charge is -2.06. The van der Waals surface area contributed by atoms with E-state index in [4.69, 9.17) is 0 Å². The number of aliphatic hydroxyl groups excluding tert-OH is 1. The monoisotopic (exact) mass is 166 g/mol. The average Bonchev–Trinajstić information content (AvgIpc) is 2.33. The zero-order valence-electron chi connectivity index (χ0n) is 7.65. The average molecular weight is 166 g/mol. The molecule has 1 atom stereocenters.